The average Bonchev–Trinajstić information content (AvgIpc) is 2.66. The third kappa shape index (κ3) is 4.57. The standard InChI is InChI=1S/C21H29NO4/c1-2-19(20(23)22-17-10-7-15(8-11-17)21(24)25)26-18-12-9-14-5-3-4-6-16(14)13-18/h9,12-13,15,17,19H,2-8,10-11H2,1H3,(H,22,23)(H,24,25). The lowest BCUT2D eigenvalue weighted by atomic mass is 9.86. The molecule has 2 aliphatic carbocycles. The van der Waals surface area contributed by atoms with Crippen LogP contribution in [0.4, 0.5) is 0 Å². The Kier molecular flexibility index (Phi) is 6.17. The van der Waals surface area contributed by atoms with Gasteiger partial charge in [0.25, 0.3) is 5.91 Å². The number of carboxylic acid groups (broad SMARTS) is 1. The second-order valence-corrected chi connectivity index (χ2v) is 7.55. The van der Waals surface area contributed by atoms with Crippen LogP contribution in [0.1, 0.15) is 63.0 Å². The Bertz CT molecular complexity index is 649. The van der Waals surface area contributed by atoms with Crippen LogP contribution in [0, 0.1) is 5.92 Å². The minimum absolute atomic E-state index is 0.0549. The number of nitrogens with one attached hydrogen (secondary N) is 1. The fourth-order valence-electron chi connectivity index (χ4n) is 4.05. The minimum Gasteiger partial charge on any atom is -0.481 e. The number of hydrogen-bond acceptors (Lipinski definition) is 3. The van der Waals surface area contributed by atoms with Crippen LogP contribution in [0.25, 0.3) is 0 Å². The van der Waals surface area contributed by atoms with Crippen LogP contribution in [-0.2, 0) is 22.4 Å². The monoisotopic (exact) mass is 359 g/mol. The predicted octanol–water partition coefficient (Wildman–Crippen LogP) is 3.48. The molecule has 3 rings (SSSR count). The van der Waals surface area contributed by atoms with Gasteiger partial charge in [-0.3, -0.25) is 9.59 Å². The van der Waals surface area contributed by atoms with Gasteiger partial charge in [0.1, 0.15) is 5.75 Å². The smallest absolute Gasteiger partial charge is 0.306 e. The van der Waals surface area contributed by atoms with Crippen molar-refractivity contribution in [1.29, 1.82) is 0 Å². The van der Waals surface area contributed by atoms with Gasteiger partial charge in [-0.2, -0.15) is 0 Å². The molecule has 1 atom stereocenters. The van der Waals surface area contributed by atoms with Crippen molar-refractivity contribution < 1.29 is 19.4 Å². The fourth-order valence-corrected chi connectivity index (χ4v) is 4.05. The molecule has 0 aromatic heterocycles. The van der Waals surface area contributed by atoms with Gasteiger partial charge in [-0.1, -0.05) is 13.0 Å². The molecular formula is C21H29NO4. The highest BCUT2D eigenvalue weighted by Crippen LogP contribution is 2.27. The first-order chi connectivity index (χ1) is 12.6. The van der Waals surface area contributed by atoms with Gasteiger partial charge in [0, 0.05) is 6.04 Å². The molecule has 0 saturated heterocycles. The van der Waals surface area contributed by atoms with E-state index in [2.05, 4.69) is 17.4 Å². The lowest BCUT2D eigenvalue weighted by Gasteiger charge is -2.28. The topological polar surface area (TPSA) is 75.6 Å². The van der Waals surface area contributed by atoms with Crippen molar-refractivity contribution in [3.63, 3.8) is 0 Å². The van der Waals surface area contributed by atoms with Crippen LogP contribution in [-0.4, -0.2) is 29.1 Å². The Hall–Kier alpha value is -2.04. The Morgan fingerprint density at radius 3 is 2.50 bits per heavy atom. The summed E-state index contributed by atoms with van der Waals surface area (Å²) >= 11 is 0. The quantitative estimate of drug-likeness (QED) is 0.815. The molecule has 1 unspecified atom stereocenters. The van der Waals surface area contributed by atoms with Crippen LogP contribution in [0.15, 0.2) is 18.2 Å². The Morgan fingerprint density at radius 2 is 1.85 bits per heavy atom. The summed E-state index contributed by atoms with van der Waals surface area (Å²) in [7, 11) is 0. The van der Waals surface area contributed by atoms with Crippen LogP contribution in [0.2, 0.25) is 0 Å². The van der Waals surface area contributed by atoms with E-state index in [1.807, 2.05) is 13.0 Å². The molecule has 5 heteroatoms. The zero-order valence-corrected chi connectivity index (χ0v) is 15.5. The average molecular weight is 359 g/mol. The summed E-state index contributed by atoms with van der Waals surface area (Å²) in [5, 5.41) is 12.1. The molecule has 26 heavy (non-hydrogen) atoms. The molecule has 0 heterocycles. The number of ether oxygens (including phenoxy) is 1. The van der Waals surface area contributed by atoms with Crippen LogP contribution < -0.4 is 10.1 Å². The predicted molar refractivity (Wildman–Crippen MR) is 99.3 cm³/mol. The fraction of sp³-hybridized carbons (Fsp3) is 0.619. The first kappa shape index (κ1) is 18.7. The molecule has 2 N–H and O–H groups in total. The van der Waals surface area contributed by atoms with Crippen molar-refractivity contribution in [2.75, 3.05) is 0 Å². The molecule has 1 amide bonds. The van der Waals surface area contributed by atoms with Gasteiger partial charge < -0.3 is 15.2 Å². The molecule has 1 aromatic rings. The normalized spacial score (nSPS) is 23.6. The zero-order valence-electron chi connectivity index (χ0n) is 15.5. The van der Waals surface area contributed by atoms with E-state index >= 15 is 0 Å². The first-order valence-corrected chi connectivity index (χ1v) is 9.88. The Balaban J connectivity index is 1.55. The number of aliphatic carboxylic acids is 1. The van der Waals surface area contributed by atoms with Gasteiger partial charge in [0.15, 0.2) is 6.10 Å². The highest BCUT2D eigenvalue weighted by atomic mass is 16.5. The first-order valence-electron chi connectivity index (χ1n) is 9.88. The van der Waals surface area contributed by atoms with E-state index in [4.69, 9.17) is 9.84 Å². The lowest BCUT2D eigenvalue weighted by molar-refractivity contribution is -0.142. The lowest BCUT2D eigenvalue weighted by Crippen LogP contribution is -2.45. The second-order valence-electron chi connectivity index (χ2n) is 7.55. The molecule has 0 bridgehead atoms. The van der Waals surface area contributed by atoms with Crippen LogP contribution in [0.3, 0.4) is 0 Å². The molecule has 0 spiro atoms. The van der Waals surface area contributed by atoms with Crippen LogP contribution >= 0.6 is 0 Å². The van der Waals surface area contributed by atoms with Gasteiger partial charge in [0.2, 0.25) is 0 Å². The highest BCUT2D eigenvalue weighted by Gasteiger charge is 2.28. The molecule has 1 saturated carbocycles. The molecular weight excluding hydrogens is 330 g/mol. The van der Waals surface area contributed by atoms with Gasteiger partial charge >= 0.3 is 5.97 Å². The number of benzene rings is 1. The maximum absolute atomic E-state index is 12.6. The van der Waals surface area contributed by atoms with E-state index in [-0.39, 0.29) is 17.9 Å². The number of fused-ring (bicyclic) bond motifs is 1. The van der Waals surface area contributed by atoms with E-state index in [9.17, 15) is 9.59 Å². The van der Waals surface area contributed by atoms with E-state index in [1.165, 1.54) is 24.0 Å². The molecule has 2 aliphatic rings. The number of hydrogen-bond donors (Lipinski definition) is 2. The third-order valence-electron chi connectivity index (χ3n) is 5.68. The Morgan fingerprint density at radius 1 is 1.15 bits per heavy atom. The van der Waals surface area contributed by atoms with E-state index in [1.54, 1.807) is 0 Å². The molecule has 142 valence electrons. The Labute approximate surface area is 155 Å². The molecule has 1 aromatic carbocycles. The summed E-state index contributed by atoms with van der Waals surface area (Å²) in [5.74, 6) is -0.319. The van der Waals surface area contributed by atoms with Crippen molar-refractivity contribution >= 4 is 11.9 Å². The van der Waals surface area contributed by atoms with Gasteiger partial charge in [-0.15, -0.1) is 0 Å². The molecule has 0 radical (unpaired) electrons. The van der Waals surface area contributed by atoms with E-state index in [0.29, 0.717) is 19.3 Å². The zero-order chi connectivity index (χ0) is 18.5. The summed E-state index contributed by atoms with van der Waals surface area (Å²) in [6, 6.07) is 6.24. The number of carboxylic acids is 1. The highest BCUT2D eigenvalue weighted by molar-refractivity contribution is 5.81. The molecule has 5 nitrogen and oxygen atoms in total. The number of rotatable bonds is 6. The second kappa shape index (κ2) is 8.56. The maximum Gasteiger partial charge on any atom is 0.306 e. The van der Waals surface area contributed by atoms with Crippen LogP contribution in [0.5, 0.6) is 5.75 Å². The molecule has 1 fully saturated rings. The largest absolute Gasteiger partial charge is 0.481 e. The summed E-state index contributed by atoms with van der Waals surface area (Å²) in [6.45, 7) is 1.95. The van der Waals surface area contributed by atoms with Crippen molar-refractivity contribution in [3.05, 3.63) is 29.3 Å². The number of amides is 1. The number of aryl methyl sites for hydroxylation is 2. The SMILES string of the molecule is CCC(Oc1ccc2c(c1)CCCC2)C(=O)NC1CCC(C(=O)O)CC1. The summed E-state index contributed by atoms with van der Waals surface area (Å²) in [6.07, 6.45) is 7.47. The van der Waals surface area contributed by atoms with Gasteiger partial charge in [0.05, 0.1) is 5.92 Å². The number of carbonyl (C=O) groups excluding carboxylic acids is 1. The third-order valence-corrected chi connectivity index (χ3v) is 5.68. The van der Waals surface area contributed by atoms with Crippen molar-refractivity contribution in [1.82, 2.24) is 5.32 Å². The summed E-state index contributed by atoms with van der Waals surface area (Å²) in [5.41, 5.74) is 2.74. The van der Waals surface area contributed by atoms with Crippen molar-refractivity contribution in [3.8, 4) is 5.75 Å². The molecule has 0 aliphatic heterocycles. The summed E-state index contributed by atoms with van der Waals surface area (Å²) < 4.78 is 5.99. The van der Waals surface area contributed by atoms with Gasteiger partial charge in [-0.05, 0) is 81.0 Å². The van der Waals surface area contributed by atoms with E-state index < -0.39 is 12.1 Å². The van der Waals surface area contributed by atoms with Gasteiger partial charge in [-0.25, -0.2) is 0 Å². The number of carbonyl (C=O) groups is 2. The van der Waals surface area contributed by atoms with Crippen molar-refractivity contribution in [2.45, 2.75) is 76.9 Å². The van der Waals surface area contributed by atoms with Crippen molar-refractivity contribution in [2.24, 2.45) is 5.92 Å². The van der Waals surface area contributed by atoms with E-state index in [0.717, 1.165) is 31.4 Å². The maximum atomic E-state index is 12.6. The minimum atomic E-state index is -0.725. The summed E-state index contributed by atoms with van der Waals surface area (Å²) in [4.78, 5) is 23.6.